The van der Waals surface area contributed by atoms with E-state index in [1.54, 1.807) is 17.9 Å². The molecule has 0 unspecified atom stereocenters. The maximum absolute atomic E-state index is 12.2. The Morgan fingerprint density at radius 2 is 2.18 bits per heavy atom. The highest BCUT2D eigenvalue weighted by atomic mass is 32.2. The lowest BCUT2D eigenvalue weighted by molar-refractivity contribution is 0.0737. The van der Waals surface area contributed by atoms with Crippen LogP contribution in [-0.2, 0) is 21.8 Å². The summed E-state index contributed by atoms with van der Waals surface area (Å²) >= 11 is 0. The molecule has 1 aliphatic rings. The maximum atomic E-state index is 12.2. The Labute approximate surface area is 130 Å². The number of aliphatic hydroxyl groups excluding tert-OH is 1. The quantitative estimate of drug-likeness (QED) is 0.730. The number of aryl methyl sites for hydroxylation is 1. The summed E-state index contributed by atoms with van der Waals surface area (Å²) in [4.78, 5) is 0. The largest absolute Gasteiger partial charge is 0.483 e. The molecule has 2 heterocycles. The van der Waals surface area contributed by atoms with Gasteiger partial charge in [0.05, 0.1) is 37.4 Å². The molecule has 2 atom stereocenters. The number of aromatic nitrogens is 2. The van der Waals surface area contributed by atoms with Crippen molar-refractivity contribution in [2.75, 3.05) is 25.4 Å². The van der Waals surface area contributed by atoms with Crippen molar-refractivity contribution in [3.05, 3.63) is 12.4 Å². The average Bonchev–Trinajstić information content (AvgIpc) is 2.97. The van der Waals surface area contributed by atoms with Crippen LogP contribution < -0.4 is 4.74 Å². The van der Waals surface area contributed by atoms with Gasteiger partial charge in [-0.15, -0.1) is 0 Å². The van der Waals surface area contributed by atoms with Crippen LogP contribution in [0.4, 0.5) is 0 Å². The minimum Gasteiger partial charge on any atom is -0.483 e. The van der Waals surface area contributed by atoms with Crippen LogP contribution in [-0.4, -0.2) is 71.4 Å². The third-order valence-electron chi connectivity index (χ3n) is 3.36. The van der Waals surface area contributed by atoms with Gasteiger partial charge in [-0.05, 0) is 13.8 Å². The monoisotopic (exact) mass is 333 g/mol. The molecule has 0 spiro atoms. The highest BCUT2D eigenvalue weighted by molar-refractivity contribution is 7.89. The Hall–Kier alpha value is -1.16. The van der Waals surface area contributed by atoms with Crippen molar-refractivity contribution >= 4 is 10.0 Å². The molecule has 1 fully saturated rings. The van der Waals surface area contributed by atoms with Crippen molar-refractivity contribution in [3.8, 4) is 5.75 Å². The number of aliphatic hydroxyl groups is 1. The number of β-amino-alcohol motifs (C(OH)–C–C–N with tert-alkyl or cyclic N) is 1. The van der Waals surface area contributed by atoms with Gasteiger partial charge in [0.25, 0.3) is 0 Å². The Morgan fingerprint density at radius 3 is 2.77 bits per heavy atom. The molecule has 0 aliphatic carbocycles. The summed E-state index contributed by atoms with van der Waals surface area (Å²) < 4.78 is 38.2. The Balaban J connectivity index is 1.91. The van der Waals surface area contributed by atoms with Crippen LogP contribution in [0.25, 0.3) is 0 Å². The van der Waals surface area contributed by atoms with Gasteiger partial charge in [-0.25, -0.2) is 8.42 Å². The van der Waals surface area contributed by atoms with Crippen LogP contribution in [0.3, 0.4) is 0 Å². The van der Waals surface area contributed by atoms with Crippen LogP contribution in [0, 0.1) is 0 Å². The molecule has 0 saturated carbocycles. The molecule has 0 bridgehead atoms. The lowest BCUT2D eigenvalue weighted by Gasteiger charge is -2.17. The number of hydrogen-bond donors (Lipinski definition) is 1. The van der Waals surface area contributed by atoms with Crippen LogP contribution in [0.15, 0.2) is 12.4 Å². The molecule has 1 N–H and O–H groups in total. The van der Waals surface area contributed by atoms with Gasteiger partial charge in [0.15, 0.2) is 5.75 Å². The zero-order valence-electron chi connectivity index (χ0n) is 13.0. The average molecular weight is 333 g/mol. The molecule has 2 rings (SSSR count). The topological polar surface area (TPSA) is 93.9 Å². The number of sulfonamides is 1. The van der Waals surface area contributed by atoms with Gasteiger partial charge in [0, 0.05) is 13.6 Å². The minimum atomic E-state index is -3.46. The second-order valence-electron chi connectivity index (χ2n) is 5.63. The number of nitrogens with zero attached hydrogens (tertiary/aromatic N) is 3. The molecule has 0 aromatic carbocycles. The van der Waals surface area contributed by atoms with E-state index in [9.17, 15) is 13.5 Å². The normalized spacial score (nSPS) is 23.3. The van der Waals surface area contributed by atoms with Crippen molar-refractivity contribution in [2.24, 2.45) is 7.05 Å². The lowest BCUT2D eigenvalue weighted by Crippen LogP contribution is -2.34. The first-order valence-corrected chi connectivity index (χ1v) is 8.81. The van der Waals surface area contributed by atoms with Gasteiger partial charge in [0.2, 0.25) is 10.0 Å². The van der Waals surface area contributed by atoms with Crippen molar-refractivity contribution in [1.82, 2.24) is 14.1 Å². The molecular weight excluding hydrogens is 310 g/mol. The van der Waals surface area contributed by atoms with E-state index in [4.69, 9.17) is 9.47 Å². The second-order valence-corrected chi connectivity index (χ2v) is 7.71. The van der Waals surface area contributed by atoms with Crippen LogP contribution in [0.2, 0.25) is 0 Å². The first-order valence-electron chi connectivity index (χ1n) is 7.20. The molecule has 0 radical (unpaired) electrons. The second kappa shape index (κ2) is 6.95. The van der Waals surface area contributed by atoms with Crippen LogP contribution in [0.5, 0.6) is 5.75 Å². The van der Waals surface area contributed by atoms with E-state index in [1.165, 1.54) is 10.5 Å². The predicted molar refractivity (Wildman–Crippen MR) is 80.1 cm³/mol. The summed E-state index contributed by atoms with van der Waals surface area (Å²) in [6.45, 7) is 4.00. The van der Waals surface area contributed by atoms with E-state index in [0.29, 0.717) is 5.75 Å². The van der Waals surface area contributed by atoms with Gasteiger partial charge in [-0.3, -0.25) is 4.68 Å². The first kappa shape index (κ1) is 17.2. The molecule has 1 aromatic rings. The zero-order valence-corrected chi connectivity index (χ0v) is 13.9. The highest BCUT2D eigenvalue weighted by Gasteiger charge is 2.39. The number of rotatable bonds is 7. The van der Waals surface area contributed by atoms with Gasteiger partial charge in [-0.1, -0.05) is 0 Å². The predicted octanol–water partition coefficient (Wildman–Crippen LogP) is -0.401. The molecular formula is C13H23N3O5S. The van der Waals surface area contributed by atoms with Crippen molar-refractivity contribution in [1.29, 1.82) is 0 Å². The molecule has 1 saturated heterocycles. The maximum Gasteiger partial charge on any atom is 0.216 e. The molecule has 0 amide bonds. The van der Waals surface area contributed by atoms with E-state index >= 15 is 0 Å². The standard InChI is InChI=1S/C13H23N3O5S/c1-10(2)20-4-5-22(18,19)16-8-12(17)13(9-16)21-11-6-14-15(3)7-11/h6-7,10,12-13,17H,4-5,8-9H2,1-3H3/t12-,13-/m1/s1. The van der Waals surface area contributed by atoms with E-state index in [-0.39, 0.29) is 31.6 Å². The van der Waals surface area contributed by atoms with Gasteiger partial charge in [-0.2, -0.15) is 9.40 Å². The summed E-state index contributed by atoms with van der Waals surface area (Å²) in [5.41, 5.74) is 0. The fraction of sp³-hybridized carbons (Fsp3) is 0.769. The SMILES string of the molecule is CC(C)OCCS(=O)(=O)N1C[C@@H](O)[C@H](Oc2cnn(C)c2)C1. The van der Waals surface area contributed by atoms with Crippen molar-refractivity contribution in [3.63, 3.8) is 0 Å². The zero-order chi connectivity index (χ0) is 16.3. The fourth-order valence-electron chi connectivity index (χ4n) is 2.22. The van der Waals surface area contributed by atoms with E-state index < -0.39 is 22.2 Å². The molecule has 22 heavy (non-hydrogen) atoms. The van der Waals surface area contributed by atoms with Gasteiger partial charge < -0.3 is 14.6 Å². The molecule has 1 aromatic heterocycles. The van der Waals surface area contributed by atoms with Gasteiger partial charge in [0.1, 0.15) is 12.2 Å². The third kappa shape index (κ3) is 4.42. The molecule has 1 aliphatic heterocycles. The van der Waals surface area contributed by atoms with Crippen molar-refractivity contribution in [2.45, 2.75) is 32.2 Å². The van der Waals surface area contributed by atoms with E-state index in [0.717, 1.165) is 0 Å². The number of ether oxygens (including phenoxy) is 2. The lowest BCUT2D eigenvalue weighted by atomic mass is 10.3. The van der Waals surface area contributed by atoms with Crippen LogP contribution in [0.1, 0.15) is 13.8 Å². The van der Waals surface area contributed by atoms with E-state index in [1.807, 2.05) is 13.8 Å². The van der Waals surface area contributed by atoms with Gasteiger partial charge >= 0.3 is 0 Å². The Bertz CT molecular complexity index is 586. The Morgan fingerprint density at radius 1 is 1.45 bits per heavy atom. The summed E-state index contributed by atoms with van der Waals surface area (Å²) in [5.74, 6) is 0.409. The minimum absolute atomic E-state index is 0.0129. The molecule has 8 nitrogen and oxygen atoms in total. The number of hydrogen-bond acceptors (Lipinski definition) is 6. The van der Waals surface area contributed by atoms with Crippen LogP contribution >= 0.6 is 0 Å². The summed E-state index contributed by atoms with van der Waals surface area (Å²) in [6, 6.07) is 0. The molecule has 126 valence electrons. The highest BCUT2D eigenvalue weighted by Crippen LogP contribution is 2.20. The smallest absolute Gasteiger partial charge is 0.216 e. The van der Waals surface area contributed by atoms with E-state index in [2.05, 4.69) is 5.10 Å². The molecule has 9 heteroatoms. The third-order valence-corrected chi connectivity index (χ3v) is 5.13. The summed E-state index contributed by atoms with van der Waals surface area (Å²) in [6.07, 6.45) is 1.73. The fourth-order valence-corrected chi connectivity index (χ4v) is 3.54. The summed E-state index contributed by atoms with van der Waals surface area (Å²) in [5, 5.41) is 14.0. The first-order chi connectivity index (χ1) is 10.3. The van der Waals surface area contributed by atoms with Crippen molar-refractivity contribution < 1.29 is 23.0 Å². The Kier molecular flexibility index (Phi) is 5.43. The summed E-state index contributed by atoms with van der Waals surface area (Å²) in [7, 11) is -1.71.